The van der Waals surface area contributed by atoms with Gasteiger partial charge in [0.1, 0.15) is 5.76 Å². The van der Waals surface area contributed by atoms with E-state index in [4.69, 9.17) is 4.42 Å². The molecule has 1 N–H and O–H groups in total. The molecule has 7 heteroatoms. The van der Waals surface area contributed by atoms with Crippen molar-refractivity contribution in [2.45, 2.75) is 32.6 Å². The van der Waals surface area contributed by atoms with E-state index in [1.807, 2.05) is 0 Å². The van der Waals surface area contributed by atoms with Gasteiger partial charge in [0.2, 0.25) is 10.0 Å². The second-order valence-corrected chi connectivity index (χ2v) is 7.32. The van der Waals surface area contributed by atoms with Crippen LogP contribution in [-0.4, -0.2) is 31.7 Å². The molecule has 0 atom stereocenters. The Balaban J connectivity index is 2.36. The number of sulfonamides is 1. The third-order valence-electron chi connectivity index (χ3n) is 3.87. The fourth-order valence-corrected chi connectivity index (χ4v) is 4.19. The summed E-state index contributed by atoms with van der Waals surface area (Å²) >= 11 is 0. The normalized spacial score (nSPS) is 11.7. The van der Waals surface area contributed by atoms with E-state index >= 15 is 0 Å². The second kappa shape index (κ2) is 7.19. The minimum atomic E-state index is -3.59. The molecule has 2 rings (SSSR count). The van der Waals surface area contributed by atoms with E-state index in [9.17, 15) is 13.2 Å². The topological polar surface area (TPSA) is 79.6 Å². The van der Waals surface area contributed by atoms with Gasteiger partial charge < -0.3 is 9.73 Å². The van der Waals surface area contributed by atoms with Gasteiger partial charge in [-0.25, -0.2) is 8.42 Å². The van der Waals surface area contributed by atoms with Crippen LogP contribution in [0.1, 0.15) is 35.5 Å². The van der Waals surface area contributed by atoms with Crippen LogP contribution in [0, 0.1) is 13.8 Å². The number of carbonyl (C=O) groups excluding carboxylic acids is 1. The Hall–Kier alpha value is -2.12. The number of carbonyl (C=O) groups is 1. The molecule has 0 saturated heterocycles. The maximum Gasteiger partial charge on any atom is 0.259 e. The van der Waals surface area contributed by atoms with E-state index in [2.05, 4.69) is 5.32 Å². The van der Waals surface area contributed by atoms with Crippen LogP contribution in [-0.2, 0) is 10.0 Å². The molecule has 0 saturated carbocycles. The highest BCUT2D eigenvalue weighted by Crippen LogP contribution is 2.24. The molecule has 130 valence electrons. The number of hydrogen-bond donors (Lipinski definition) is 1. The molecule has 0 aliphatic rings. The van der Waals surface area contributed by atoms with Crippen molar-refractivity contribution < 1.29 is 17.6 Å². The molecule has 1 aromatic carbocycles. The van der Waals surface area contributed by atoms with E-state index in [0.717, 1.165) is 0 Å². The Morgan fingerprint density at radius 2 is 1.83 bits per heavy atom. The molecule has 0 bridgehead atoms. The van der Waals surface area contributed by atoms with Gasteiger partial charge >= 0.3 is 0 Å². The first-order chi connectivity index (χ1) is 11.3. The summed E-state index contributed by atoms with van der Waals surface area (Å²) < 4.78 is 32.0. The first kappa shape index (κ1) is 18.2. The van der Waals surface area contributed by atoms with Crippen LogP contribution >= 0.6 is 0 Å². The van der Waals surface area contributed by atoms with Gasteiger partial charge in [-0.15, -0.1) is 0 Å². The molecule has 2 aromatic rings. The van der Waals surface area contributed by atoms with Crippen molar-refractivity contribution in [1.82, 2.24) is 4.31 Å². The van der Waals surface area contributed by atoms with Gasteiger partial charge in [-0.1, -0.05) is 19.9 Å². The molecule has 24 heavy (non-hydrogen) atoms. The molecule has 0 radical (unpaired) electrons. The summed E-state index contributed by atoms with van der Waals surface area (Å²) in [6.07, 6.45) is 1.44. The molecule has 0 unspecified atom stereocenters. The van der Waals surface area contributed by atoms with Gasteiger partial charge in [-0.05, 0) is 37.6 Å². The number of anilines is 1. The van der Waals surface area contributed by atoms with Gasteiger partial charge in [-0.2, -0.15) is 4.31 Å². The van der Waals surface area contributed by atoms with Crippen LogP contribution in [0.4, 0.5) is 5.69 Å². The monoisotopic (exact) mass is 350 g/mol. The first-order valence-electron chi connectivity index (χ1n) is 7.77. The lowest BCUT2D eigenvalue weighted by Crippen LogP contribution is -2.31. The summed E-state index contributed by atoms with van der Waals surface area (Å²) in [7, 11) is -3.59. The van der Waals surface area contributed by atoms with Crippen LogP contribution < -0.4 is 5.32 Å². The van der Waals surface area contributed by atoms with Crippen LogP contribution in [0.2, 0.25) is 0 Å². The predicted molar refractivity (Wildman–Crippen MR) is 92.7 cm³/mol. The molecule has 0 spiro atoms. The van der Waals surface area contributed by atoms with Crippen molar-refractivity contribution in [2.75, 3.05) is 18.4 Å². The summed E-state index contributed by atoms with van der Waals surface area (Å²) in [6, 6.07) is 6.45. The molecule has 0 fully saturated rings. The van der Waals surface area contributed by atoms with Crippen LogP contribution in [0.5, 0.6) is 0 Å². The van der Waals surface area contributed by atoms with Crippen molar-refractivity contribution in [3.63, 3.8) is 0 Å². The molecule has 1 aromatic heterocycles. The van der Waals surface area contributed by atoms with Crippen molar-refractivity contribution in [3.05, 3.63) is 47.4 Å². The minimum Gasteiger partial charge on any atom is -0.469 e. The van der Waals surface area contributed by atoms with Crippen molar-refractivity contribution in [1.29, 1.82) is 0 Å². The summed E-state index contributed by atoms with van der Waals surface area (Å²) in [5.41, 5.74) is 1.49. The summed E-state index contributed by atoms with van der Waals surface area (Å²) in [5, 5.41) is 2.72. The number of nitrogens with one attached hydrogen (secondary N) is 1. The average molecular weight is 350 g/mol. The zero-order valence-electron chi connectivity index (χ0n) is 14.3. The number of furan rings is 1. The number of benzene rings is 1. The molecule has 6 nitrogen and oxygen atoms in total. The van der Waals surface area contributed by atoms with Gasteiger partial charge in [-0.3, -0.25) is 4.79 Å². The van der Waals surface area contributed by atoms with E-state index in [0.29, 0.717) is 35.7 Å². The van der Waals surface area contributed by atoms with Crippen LogP contribution in [0.25, 0.3) is 0 Å². The third-order valence-corrected chi connectivity index (χ3v) is 6.06. The second-order valence-electron chi connectivity index (χ2n) is 5.41. The quantitative estimate of drug-likeness (QED) is 0.868. The number of hydrogen-bond acceptors (Lipinski definition) is 4. The Kier molecular flexibility index (Phi) is 5.46. The van der Waals surface area contributed by atoms with E-state index in [-0.39, 0.29) is 10.8 Å². The predicted octanol–water partition coefficient (Wildman–Crippen LogP) is 3.18. The Labute approximate surface area is 142 Å². The Morgan fingerprint density at radius 3 is 2.38 bits per heavy atom. The van der Waals surface area contributed by atoms with E-state index in [1.54, 1.807) is 45.9 Å². The fourth-order valence-electron chi connectivity index (χ4n) is 2.48. The smallest absolute Gasteiger partial charge is 0.259 e. The number of rotatable bonds is 6. The summed E-state index contributed by atoms with van der Waals surface area (Å²) in [5.74, 6) is 0.173. The zero-order valence-corrected chi connectivity index (χ0v) is 15.1. The number of nitrogens with zero attached hydrogens (tertiary/aromatic N) is 1. The highest BCUT2D eigenvalue weighted by atomic mass is 32.2. The van der Waals surface area contributed by atoms with E-state index < -0.39 is 10.0 Å². The fraction of sp³-hybridized carbons (Fsp3) is 0.353. The molecular weight excluding hydrogens is 328 g/mol. The lowest BCUT2D eigenvalue weighted by Gasteiger charge is -2.20. The first-order valence-corrected chi connectivity index (χ1v) is 9.21. The maximum atomic E-state index is 12.7. The standard InChI is InChI=1S/C17H22N2O4S/c1-5-19(6-2)24(21,22)16-11-14(8-7-12(16)3)18-17(20)15-9-10-23-13(15)4/h7-11H,5-6H2,1-4H3,(H,18,20). The Morgan fingerprint density at radius 1 is 1.17 bits per heavy atom. The molecule has 1 amide bonds. The van der Waals surface area contributed by atoms with Gasteiger partial charge in [0, 0.05) is 18.8 Å². The minimum absolute atomic E-state index is 0.202. The molecule has 0 aliphatic heterocycles. The summed E-state index contributed by atoms with van der Waals surface area (Å²) in [4.78, 5) is 12.5. The maximum absolute atomic E-state index is 12.7. The third kappa shape index (κ3) is 3.52. The number of amides is 1. The molecule has 1 heterocycles. The lowest BCUT2D eigenvalue weighted by molar-refractivity contribution is 0.102. The van der Waals surface area contributed by atoms with Crippen molar-refractivity contribution >= 4 is 21.6 Å². The molecular formula is C17H22N2O4S. The van der Waals surface area contributed by atoms with Crippen LogP contribution in [0.15, 0.2) is 39.8 Å². The van der Waals surface area contributed by atoms with Crippen LogP contribution in [0.3, 0.4) is 0 Å². The highest BCUT2D eigenvalue weighted by molar-refractivity contribution is 7.89. The average Bonchev–Trinajstić information content (AvgIpc) is 2.96. The van der Waals surface area contributed by atoms with Crippen molar-refractivity contribution in [2.24, 2.45) is 0 Å². The SMILES string of the molecule is CCN(CC)S(=O)(=O)c1cc(NC(=O)c2ccoc2C)ccc1C. The number of aryl methyl sites for hydroxylation is 2. The lowest BCUT2D eigenvalue weighted by atomic mass is 10.2. The zero-order chi connectivity index (χ0) is 17.9. The van der Waals surface area contributed by atoms with E-state index in [1.165, 1.54) is 16.6 Å². The van der Waals surface area contributed by atoms with Crippen molar-refractivity contribution in [3.8, 4) is 0 Å². The Bertz CT molecular complexity index is 836. The largest absolute Gasteiger partial charge is 0.469 e. The van der Waals surface area contributed by atoms with Gasteiger partial charge in [0.25, 0.3) is 5.91 Å². The molecule has 0 aliphatic carbocycles. The summed E-state index contributed by atoms with van der Waals surface area (Å²) in [6.45, 7) is 7.81. The van der Waals surface area contributed by atoms with Gasteiger partial charge in [0.15, 0.2) is 0 Å². The van der Waals surface area contributed by atoms with Gasteiger partial charge in [0.05, 0.1) is 16.7 Å². The highest BCUT2D eigenvalue weighted by Gasteiger charge is 2.24.